The number of ether oxygens (including phenoxy) is 2. The number of hydrogen-bond donors (Lipinski definition) is 0. The molecular formula is C13H14Cl2O3. The largest absolute Gasteiger partial charge is 0.494 e. The Bertz CT molecular complexity index is 456. The number of alkyl halides is 2. The van der Waals surface area contributed by atoms with Gasteiger partial charge in [0.1, 0.15) is 15.5 Å². The average Bonchev–Trinajstić information content (AvgIpc) is 2.94. The zero-order valence-corrected chi connectivity index (χ0v) is 11.7. The van der Waals surface area contributed by atoms with Crippen molar-refractivity contribution in [3.63, 3.8) is 0 Å². The van der Waals surface area contributed by atoms with Crippen LogP contribution < -0.4 is 4.74 Å². The Hall–Kier alpha value is -0.930. The van der Waals surface area contributed by atoms with Crippen LogP contribution in [0, 0.1) is 0 Å². The average molecular weight is 289 g/mol. The van der Waals surface area contributed by atoms with Crippen molar-refractivity contribution in [2.24, 2.45) is 0 Å². The minimum absolute atomic E-state index is 0.365. The van der Waals surface area contributed by atoms with Gasteiger partial charge >= 0.3 is 5.97 Å². The standard InChI is InChI=1S/C13H14Cl2O3/c1-3-18-10-6-4-9(5-7-10)12(11(16)17-2)8-13(12,14)15/h4-7H,3,8H2,1-2H3. The molecule has 1 aliphatic rings. The number of carbonyl (C=O) groups excluding carboxylic acids is 1. The molecule has 1 atom stereocenters. The third kappa shape index (κ3) is 1.95. The van der Waals surface area contributed by atoms with Gasteiger partial charge in [0.15, 0.2) is 0 Å². The summed E-state index contributed by atoms with van der Waals surface area (Å²) in [6.07, 6.45) is 0.365. The molecule has 1 unspecified atom stereocenters. The van der Waals surface area contributed by atoms with E-state index in [1.165, 1.54) is 7.11 Å². The Kier molecular flexibility index (Phi) is 3.47. The van der Waals surface area contributed by atoms with Crippen molar-refractivity contribution >= 4 is 29.2 Å². The first kappa shape index (κ1) is 13.5. The molecule has 0 spiro atoms. The summed E-state index contributed by atoms with van der Waals surface area (Å²) in [6.45, 7) is 2.50. The maximum atomic E-state index is 11.9. The topological polar surface area (TPSA) is 35.5 Å². The third-order valence-electron chi connectivity index (χ3n) is 3.18. The van der Waals surface area contributed by atoms with Crippen LogP contribution in [0.1, 0.15) is 18.9 Å². The SMILES string of the molecule is CCOc1ccc(C2(C(=O)OC)CC2(Cl)Cl)cc1. The van der Waals surface area contributed by atoms with Gasteiger partial charge in [-0.2, -0.15) is 0 Å². The Morgan fingerprint density at radius 1 is 1.33 bits per heavy atom. The monoisotopic (exact) mass is 288 g/mol. The highest BCUT2D eigenvalue weighted by molar-refractivity contribution is 6.54. The fraction of sp³-hybridized carbons (Fsp3) is 0.462. The van der Waals surface area contributed by atoms with E-state index in [4.69, 9.17) is 32.7 Å². The van der Waals surface area contributed by atoms with Gasteiger partial charge in [0.2, 0.25) is 0 Å². The van der Waals surface area contributed by atoms with Crippen LogP contribution in [0.2, 0.25) is 0 Å². The summed E-state index contributed by atoms with van der Waals surface area (Å²) in [4.78, 5) is 11.9. The van der Waals surface area contributed by atoms with Crippen LogP contribution in [0.25, 0.3) is 0 Å². The highest BCUT2D eigenvalue weighted by Gasteiger charge is 2.73. The Labute approximate surface area is 116 Å². The zero-order chi connectivity index (χ0) is 13.4. The van der Waals surface area contributed by atoms with Crippen molar-refractivity contribution < 1.29 is 14.3 Å². The minimum atomic E-state index is -1.09. The van der Waals surface area contributed by atoms with Gasteiger partial charge in [0.05, 0.1) is 13.7 Å². The van der Waals surface area contributed by atoms with Crippen molar-refractivity contribution in [3.05, 3.63) is 29.8 Å². The van der Waals surface area contributed by atoms with E-state index in [2.05, 4.69) is 0 Å². The lowest BCUT2D eigenvalue weighted by atomic mass is 9.96. The molecule has 0 N–H and O–H groups in total. The van der Waals surface area contributed by atoms with Gasteiger partial charge in [0.25, 0.3) is 0 Å². The summed E-state index contributed by atoms with van der Waals surface area (Å²) in [6, 6.07) is 7.19. The lowest BCUT2D eigenvalue weighted by molar-refractivity contribution is -0.143. The van der Waals surface area contributed by atoms with E-state index >= 15 is 0 Å². The van der Waals surface area contributed by atoms with E-state index in [-0.39, 0.29) is 0 Å². The molecule has 0 aromatic heterocycles. The number of carbonyl (C=O) groups is 1. The van der Waals surface area contributed by atoms with Crippen LogP contribution in [0.15, 0.2) is 24.3 Å². The van der Waals surface area contributed by atoms with E-state index < -0.39 is 15.7 Å². The molecule has 1 aliphatic carbocycles. The van der Waals surface area contributed by atoms with Crippen LogP contribution in [-0.2, 0) is 14.9 Å². The van der Waals surface area contributed by atoms with Crippen molar-refractivity contribution in [1.82, 2.24) is 0 Å². The molecule has 18 heavy (non-hydrogen) atoms. The number of halogens is 2. The van der Waals surface area contributed by atoms with Gasteiger partial charge in [-0.3, -0.25) is 4.79 Å². The van der Waals surface area contributed by atoms with E-state index in [0.29, 0.717) is 13.0 Å². The maximum absolute atomic E-state index is 11.9. The third-order valence-corrected chi connectivity index (χ3v) is 4.09. The zero-order valence-electron chi connectivity index (χ0n) is 10.2. The molecular weight excluding hydrogens is 275 g/mol. The molecule has 0 amide bonds. The second-order valence-electron chi connectivity index (χ2n) is 4.24. The maximum Gasteiger partial charge on any atom is 0.319 e. The number of hydrogen-bond acceptors (Lipinski definition) is 3. The number of esters is 1. The lowest BCUT2D eigenvalue weighted by Crippen LogP contribution is -2.27. The van der Waals surface area contributed by atoms with Gasteiger partial charge in [0, 0.05) is 6.42 Å². The van der Waals surface area contributed by atoms with E-state index in [1.807, 2.05) is 6.92 Å². The van der Waals surface area contributed by atoms with Gasteiger partial charge in [-0.1, -0.05) is 35.3 Å². The van der Waals surface area contributed by atoms with Crippen molar-refractivity contribution in [2.45, 2.75) is 23.1 Å². The first-order valence-electron chi connectivity index (χ1n) is 5.67. The first-order valence-corrected chi connectivity index (χ1v) is 6.43. The predicted molar refractivity (Wildman–Crippen MR) is 70.4 cm³/mol. The fourth-order valence-corrected chi connectivity index (χ4v) is 2.89. The molecule has 1 fully saturated rings. The molecule has 0 bridgehead atoms. The number of methoxy groups -OCH3 is 1. The van der Waals surface area contributed by atoms with Crippen molar-refractivity contribution in [2.75, 3.05) is 13.7 Å². The highest BCUT2D eigenvalue weighted by Crippen LogP contribution is 2.65. The normalized spacial score (nSPS) is 24.4. The van der Waals surface area contributed by atoms with Crippen LogP contribution in [-0.4, -0.2) is 24.0 Å². The van der Waals surface area contributed by atoms with Crippen LogP contribution in [0.4, 0.5) is 0 Å². The molecule has 0 heterocycles. The van der Waals surface area contributed by atoms with Gasteiger partial charge in [-0.05, 0) is 24.6 Å². The molecule has 5 heteroatoms. The van der Waals surface area contributed by atoms with E-state index in [0.717, 1.165) is 11.3 Å². The fourth-order valence-electron chi connectivity index (χ4n) is 2.12. The second-order valence-corrected chi connectivity index (χ2v) is 5.72. The van der Waals surface area contributed by atoms with Gasteiger partial charge in [-0.15, -0.1) is 0 Å². The number of rotatable bonds is 4. The van der Waals surface area contributed by atoms with Gasteiger partial charge in [-0.25, -0.2) is 0 Å². The summed E-state index contributed by atoms with van der Waals surface area (Å²) in [5, 5.41) is 0. The summed E-state index contributed by atoms with van der Waals surface area (Å²) < 4.78 is 9.07. The smallest absolute Gasteiger partial charge is 0.319 e. The molecule has 0 aliphatic heterocycles. The molecule has 1 saturated carbocycles. The quantitative estimate of drug-likeness (QED) is 0.631. The minimum Gasteiger partial charge on any atom is -0.494 e. The molecule has 0 radical (unpaired) electrons. The highest BCUT2D eigenvalue weighted by atomic mass is 35.5. The Morgan fingerprint density at radius 2 is 1.89 bits per heavy atom. The summed E-state index contributed by atoms with van der Waals surface area (Å²) in [5.41, 5.74) is -0.196. The number of benzene rings is 1. The summed E-state index contributed by atoms with van der Waals surface area (Å²) in [5.74, 6) is 0.341. The van der Waals surface area contributed by atoms with Crippen LogP contribution in [0.3, 0.4) is 0 Å². The van der Waals surface area contributed by atoms with E-state index in [9.17, 15) is 4.79 Å². The van der Waals surface area contributed by atoms with Crippen molar-refractivity contribution in [3.8, 4) is 5.75 Å². The van der Waals surface area contributed by atoms with Crippen LogP contribution in [0.5, 0.6) is 5.75 Å². The summed E-state index contributed by atoms with van der Waals surface area (Å²) >= 11 is 12.2. The lowest BCUT2D eigenvalue weighted by Gasteiger charge is -2.16. The van der Waals surface area contributed by atoms with Crippen molar-refractivity contribution in [1.29, 1.82) is 0 Å². The van der Waals surface area contributed by atoms with Crippen LogP contribution >= 0.6 is 23.2 Å². The molecule has 0 saturated heterocycles. The van der Waals surface area contributed by atoms with Gasteiger partial charge < -0.3 is 9.47 Å². The predicted octanol–water partition coefficient (Wildman–Crippen LogP) is 3.07. The summed E-state index contributed by atoms with van der Waals surface area (Å²) in [7, 11) is 1.33. The molecule has 1 aromatic carbocycles. The Morgan fingerprint density at radius 3 is 2.28 bits per heavy atom. The second kappa shape index (κ2) is 4.63. The van der Waals surface area contributed by atoms with E-state index in [1.54, 1.807) is 24.3 Å². The molecule has 2 rings (SSSR count). The molecule has 1 aromatic rings. The molecule has 3 nitrogen and oxygen atoms in total. The Balaban J connectivity index is 2.32. The first-order chi connectivity index (χ1) is 8.48. The molecule has 98 valence electrons.